The summed E-state index contributed by atoms with van der Waals surface area (Å²) >= 11 is 0. The molecule has 3 heterocycles. The van der Waals surface area contributed by atoms with Crippen LogP contribution in [0.25, 0.3) is 11.3 Å². The molecule has 3 rings (SSSR count). The summed E-state index contributed by atoms with van der Waals surface area (Å²) in [5, 5.41) is 14.7. The number of rotatable bonds is 7. The van der Waals surface area contributed by atoms with E-state index in [1.165, 1.54) is 31.8 Å². The molecule has 0 aliphatic rings. The largest absolute Gasteiger partial charge is 0.404 e. The molecular formula is C27H28N8O2. The molecule has 0 aliphatic heterocycles. The van der Waals surface area contributed by atoms with Crippen molar-refractivity contribution in [3.05, 3.63) is 95.0 Å². The average Bonchev–Trinajstić information content (AvgIpc) is 2.92. The number of anilines is 1. The Bertz CT molecular complexity index is 1450. The van der Waals surface area contributed by atoms with Crippen LogP contribution in [-0.2, 0) is 5.41 Å². The van der Waals surface area contributed by atoms with E-state index < -0.39 is 5.41 Å². The van der Waals surface area contributed by atoms with Gasteiger partial charge >= 0.3 is 0 Å². The van der Waals surface area contributed by atoms with Gasteiger partial charge in [0.25, 0.3) is 11.8 Å². The number of carbonyl (C=O) groups excluding carboxylic acids is 2. The first-order valence-electron chi connectivity index (χ1n) is 11.3. The zero-order valence-corrected chi connectivity index (χ0v) is 21.0. The van der Waals surface area contributed by atoms with Gasteiger partial charge in [0.05, 0.1) is 29.1 Å². The first-order valence-corrected chi connectivity index (χ1v) is 11.3. The Labute approximate surface area is 215 Å². The third kappa shape index (κ3) is 6.15. The highest BCUT2D eigenvalue weighted by Gasteiger charge is 2.22. The van der Waals surface area contributed by atoms with Crippen LogP contribution in [0.4, 0.5) is 5.69 Å². The minimum atomic E-state index is -0.835. The van der Waals surface area contributed by atoms with Gasteiger partial charge in [0.1, 0.15) is 5.69 Å². The lowest BCUT2D eigenvalue weighted by Crippen LogP contribution is -2.19. The minimum Gasteiger partial charge on any atom is -0.404 e. The molecular weight excluding hydrogens is 468 g/mol. The maximum absolute atomic E-state index is 12.9. The number of carbonyl (C=O) groups is 2. The third-order valence-electron chi connectivity index (χ3n) is 5.64. The molecule has 0 atom stereocenters. The number of amides is 2. The fourth-order valence-corrected chi connectivity index (χ4v) is 3.40. The summed E-state index contributed by atoms with van der Waals surface area (Å²) in [5.74, 6) is -0.700. The lowest BCUT2D eigenvalue weighted by atomic mass is 9.90. The predicted molar refractivity (Wildman–Crippen MR) is 142 cm³/mol. The van der Waals surface area contributed by atoms with Crippen LogP contribution in [0.2, 0.25) is 0 Å². The minimum absolute atomic E-state index is 0.242. The zero-order chi connectivity index (χ0) is 27.2. The van der Waals surface area contributed by atoms with Gasteiger partial charge in [-0.05, 0) is 68.3 Å². The Hall–Kier alpha value is -5.04. The van der Waals surface area contributed by atoms with Crippen LogP contribution in [0.3, 0.4) is 0 Å². The quantitative estimate of drug-likeness (QED) is 0.361. The maximum Gasteiger partial charge on any atom is 0.269 e. The van der Waals surface area contributed by atoms with E-state index in [-0.39, 0.29) is 17.5 Å². The normalized spacial score (nSPS) is 12.0. The fraction of sp³-hybridized carbons (Fsp3) is 0.185. The molecule has 37 heavy (non-hydrogen) atoms. The molecule has 0 aromatic carbocycles. The smallest absolute Gasteiger partial charge is 0.269 e. The summed E-state index contributed by atoms with van der Waals surface area (Å²) in [6.45, 7) is 5.26. The maximum atomic E-state index is 12.9. The highest BCUT2D eigenvalue weighted by atomic mass is 16.2. The van der Waals surface area contributed by atoms with Crippen molar-refractivity contribution < 1.29 is 9.59 Å². The van der Waals surface area contributed by atoms with Crippen LogP contribution >= 0.6 is 0 Å². The molecule has 0 unspecified atom stereocenters. The average molecular weight is 497 g/mol. The van der Waals surface area contributed by atoms with Crippen molar-refractivity contribution >= 4 is 28.8 Å². The van der Waals surface area contributed by atoms with Gasteiger partial charge in [-0.25, -0.2) is 0 Å². The summed E-state index contributed by atoms with van der Waals surface area (Å²) in [6, 6.07) is 10.4. The first-order chi connectivity index (χ1) is 17.6. The lowest BCUT2D eigenvalue weighted by molar-refractivity contribution is 0.0957. The second-order valence-electron chi connectivity index (χ2n) is 8.71. The fourth-order valence-electron chi connectivity index (χ4n) is 3.40. The van der Waals surface area contributed by atoms with E-state index in [2.05, 4.69) is 31.7 Å². The molecule has 10 heteroatoms. The number of pyridine rings is 3. The molecule has 0 bridgehead atoms. The molecule has 0 aliphatic carbocycles. The molecule has 6 N–H and O–H groups in total. The van der Waals surface area contributed by atoms with E-state index in [0.29, 0.717) is 45.0 Å². The van der Waals surface area contributed by atoms with Crippen molar-refractivity contribution in [2.24, 2.45) is 11.5 Å². The van der Waals surface area contributed by atoms with Crippen LogP contribution in [0.5, 0.6) is 0 Å². The van der Waals surface area contributed by atoms with Crippen LogP contribution in [0.15, 0.2) is 61.2 Å². The Kier molecular flexibility index (Phi) is 7.99. The van der Waals surface area contributed by atoms with Gasteiger partial charge in [-0.15, -0.1) is 0 Å². The number of hydrogen-bond acceptors (Lipinski definition) is 8. The first kappa shape index (κ1) is 26.6. The molecule has 2 amide bonds. The summed E-state index contributed by atoms with van der Waals surface area (Å²) in [7, 11) is 1.52. The number of allylic oxidation sites excluding steroid dienone is 2. The molecule has 3 aromatic rings. The van der Waals surface area contributed by atoms with Crippen molar-refractivity contribution in [3.63, 3.8) is 0 Å². The van der Waals surface area contributed by atoms with Gasteiger partial charge in [0, 0.05) is 48.2 Å². The van der Waals surface area contributed by atoms with Gasteiger partial charge in [-0.1, -0.05) is 0 Å². The Morgan fingerprint density at radius 1 is 1.05 bits per heavy atom. The van der Waals surface area contributed by atoms with Crippen molar-refractivity contribution in [2.75, 3.05) is 12.4 Å². The van der Waals surface area contributed by atoms with Crippen molar-refractivity contribution in [1.29, 1.82) is 5.26 Å². The van der Waals surface area contributed by atoms with Gasteiger partial charge in [-0.3, -0.25) is 24.5 Å². The number of nitrogens with two attached hydrogens (primary N) is 2. The van der Waals surface area contributed by atoms with E-state index in [9.17, 15) is 14.9 Å². The number of aromatic nitrogens is 3. The van der Waals surface area contributed by atoms with Crippen LogP contribution in [0, 0.1) is 18.3 Å². The second-order valence-corrected chi connectivity index (χ2v) is 8.71. The summed E-state index contributed by atoms with van der Waals surface area (Å²) in [5.41, 5.74) is 15.8. The van der Waals surface area contributed by atoms with Crippen LogP contribution in [0.1, 0.15) is 57.2 Å². The van der Waals surface area contributed by atoms with Crippen molar-refractivity contribution in [3.8, 4) is 6.07 Å². The molecule has 188 valence electrons. The van der Waals surface area contributed by atoms with E-state index in [1.807, 2.05) is 0 Å². The topological polar surface area (TPSA) is 173 Å². The Morgan fingerprint density at radius 3 is 2.43 bits per heavy atom. The molecule has 0 radical (unpaired) electrons. The number of nitrogens with zero attached hydrogens (tertiary/aromatic N) is 4. The Balaban J connectivity index is 1.89. The van der Waals surface area contributed by atoms with Crippen molar-refractivity contribution in [1.82, 2.24) is 20.3 Å². The summed E-state index contributed by atoms with van der Waals surface area (Å²) < 4.78 is 0. The van der Waals surface area contributed by atoms with Gasteiger partial charge in [0.15, 0.2) is 0 Å². The number of hydrogen-bond donors (Lipinski definition) is 4. The van der Waals surface area contributed by atoms with Gasteiger partial charge < -0.3 is 22.1 Å². The standard InChI is InChI=1S/C27H28N8O2/c1-16-21(22(30)9-19(13-28)17-5-7-32-23(10-17)26(37)31-4)12-20(14-34-16)35-25(36)18-6-8-33-24(11-18)27(2,3)15-29/h5-14H,28,30H2,1-4H3,(H,31,37)(H,35,36)/b19-13+,22-9-. The van der Waals surface area contributed by atoms with Gasteiger partial charge in [0.2, 0.25) is 0 Å². The lowest BCUT2D eigenvalue weighted by Gasteiger charge is -2.15. The molecule has 0 saturated carbocycles. The van der Waals surface area contributed by atoms with Crippen molar-refractivity contribution in [2.45, 2.75) is 26.2 Å². The summed E-state index contributed by atoms with van der Waals surface area (Å²) in [6.07, 6.45) is 7.59. The van der Waals surface area contributed by atoms with E-state index in [1.54, 1.807) is 57.2 Å². The van der Waals surface area contributed by atoms with Crippen LogP contribution < -0.4 is 22.1 Å². The van der Waals surface area contributed by atoms with E-state index in [4.69, 9.17) is 11.5 Å². The highest BCUT2D eigenvalue weighted by molar-refractivity contribution is 6.04. The Morgan fingerprint density at radius 2 is 1.76 bits per heavy atom. The number of nitrogens with one attached hydrogen (secondary N) is 2. The number of nitriles is 1. The van der Waals surface area contributed by atoms with Gasteiger partial charge in [-0.2, -0.15) is 5.26 Å². The highest BCUT2D eigenvalue weighted by Crippen LogP contribution is 2.24. The third-order valence-corrected chi connectivity index (χ3v) is 5.64. The summed E-state index contributed by atoms with van der Waals surface area (Å²) in [4.78, 5) is 37.5. The molecule has 0 saturated heterocycles. The zero-order valence-electron chi connectivity index (χ0n) is 21.0. The molecule has 0 spiro atoms. The number of aryl methyl sites for hydroxylation is 1. The van der Waals surface area contributed by atoms with E-state index >= 15 is 0 Å². The monoisotopic (exact) mass is 496 g/mol. The van der Waals surface area contributed by atoms with Crippen LogP contribution in [-0.4, -0.2) is 33.8 Å². The van der Waals surface area contributed by atoms with E-state index in [0.717, 1.165) is 0 Å². The molecule has 0 fully saturated rings. The second kappa shape index (κ2) is 11.1. The molecule has 3 aromatic heterocycles. The molecule has 10 nitrogen and oxygen atoms in total. The SMILES string of the molecule is CNC(=O)c1cc(C(/C=C(\N)c2cc(NC(=O)c3ccnc(C(C)(C)C#N)c3)cnc2C)=C/N)ccn1. The predicted octanol–water partition coefficient (Wildman–Crippen LogP) is 2.89.